The van der Waals surface area contributed by atoms with Crippen LogP contribution in [0.4, 0.5) is 0 Å². The molecule has 0 bridgehead atoms. The van der Waals surface area contributed by atoms with Crippen LogP contribution in [0.15, 0.2) is 36.4 Å². The van der Waals surface area contributed by atoms with Crippen molar-refractivity contribution in [3.05, 3.63) is 58.7 Å². The van der Waals surface area contributed by atoms with Crippen LogP contribution in [0.1, 0.15) is 22.3 Å². The number of rotatable bonds is 5. The summed E-state index contributed by atoms with van der Waals surface area (Å²) in [7, 11) is 1.58. The SMILES string of the molecule is COc1ccc(OCc2ccc(C#N)cc2C)c(CO)c1. The van der Waals surface area contributed by atoms with Gasteiger partial charge in [-0.3, -0.25) is 0 Å². The maximum absolute atomic E-state index is 9.39. The number of aliphatic hydroxyl groups excluding tert-OH is 1. The molecule has 1 N–H and O–H groups in total. The van der Waals surface area contributed by atoms with E-state index in [1.807, 2.05) is 19.1 Å². The Balaban J connectivity index is 2.15. The summed E-state index contributed by atoms with van der Waals surface area (Å²) in [6.07, 6.45) is 0. The Morgan fingerprint density at radius 3 is 2.57 bits per heavy atom. The molecule has 0 atom stereocenters. The lowest BCUT2D eigenvalue weighted by Gasteiger charge is -2.13. The van der Waals surface area contributed by atoms with Gasteiger partial charge in [0.25, 0.3) is 0 Å². The van der Waals surface area contributed by atoms with Crippen molar-refractivity contribution in [3.63, 3.8) is 0 Å². The first-order chi connectivity index (χ1) is 10.2. The van der Waals surface area contributed by atoms with Crippen molar-refractivity contribution < 1.29 is 14.6 Å². The molecule has 0 unspecified atom stereocenters. The molecule has 2 aromatic carbocycles. The molecule has 0 amide bonds. The molecule has 0 heterocycles. The van der Waals surface area contributed by atoms with E-state index in [-0.39, 0.29) is 6.61 Å². The topological polar surface area (TPSA) is 62.5 Å². The second-order valence-corrected chi connectivity index (χ2v) is 4.67. The van der Waals surface area contributed by atoms with E-state index in [1.165, 1.54) is 0 Å². The van der Waals surface area contributed by atoms with Gasteiger partial charge in [0, 0.05) is 5.56 Å². The molecule has 0 radical (unpaired) electrons. The number of aryl methyl sites for hydroxylation is 1. The molecule has 2 rings (SSSR count). The monoisotopic (exact) mass is 283 g/mol. The number of ether oxygens (including phenoxy) is 2. The van der Waals surface area contributed by atoms with Crippen LogP contribution in [0.5, 0.6) is 11.5 Å². The average molecular weight is 283 g/mol. The van der Waals surface area contributed by atoms with E-state index in [1.54, 1.807) is 31.4 Å². The van der Waals surface area contributed by atoms with Gasteiger partial charge in [-0.05, 0) is 48.4 Å². The van der Waals surface area contributed by atoms with Crippen molar-refractivity contribution in [1.82, 2.24) is 0 Å². The third-order valence-corrected chi connectivity index (χ3v) is 3.29. The van der Waals surface area contributed by atoms with Crippen molar-refractivity contribution >= 4 is 0 Å². The molecule has 2 aromatic rings. The summed E-state index contributed by atoms with van der Waals surface area (Å²) in [6, 6.07) is 12.9. The Morgan fingerprint density at radius 1 is 1.14 bits per heavy atom. The third-order valence-electron chi connectivity index (χ3n) is 3.29. The number of methoxy groups -OCH3 is 1. The minimum Gasteiger partial charge on any atom is -0.497 e. The standard InChI is InChI=1S/C17H17NO3/c1-12-7-13(9-18)3-4-14(12)11-21-17-6-5-16(20-2)8-15(17)10-19/h3-8,19H,10-11H2,1-2H3. The van der Waals surface area contributed by atoms with Gasteiger partial charge < -0.3 is 14.6 Å². The number of nitrogens with zero attached hydrogens (tertiary/aromatic N) is 1. The van der Waals surface area contributed by atoms with Gasteiger partial charge in [-0.1, -0.05) is 6.07 Å². The van der Waals surface area contributed by atoms with Gasteiger partial charge in [-0.25, -0.2) is 0 Å². The normalized spacial score (nSPS) is 10.0. The predicted octanol–water partition coefficient (Wildman–Crippen LogP) is 2.95. The second-order valence-electron chi connectivity index (χ2n) is 4.67. The molecular weight excluding hydrogens is 266 g/mol. The van der Waals surface area contributed by atoms with E-state index < -0.39 is 0 Å². The summed E-state index contributed by atoms with van der Waals surface area (Å²) in [6.45, 7) is 2.22. The summed E-state index contributed by atoms with van der Waals surface area (Å²) < 4.78 is 10.9. The van der Waals surface area contributed by atoms with Gasteiger partial charge in [-0.15, -0.1) is 0 Å². The Labute approximate surface area is 124 Å². The van der Waals surface area contributed by atoms with Crippen LogP contribution in [0.3, 0.4) is 0 Å². The molecule has 0 spiro atoms. The quantitative estimate of drug-likeness (QED) is 0.916. The lowest BCUT2D eigenvalue weighted by molar-refractivity contribution is 0.257. The first kappa shape index (κ1) is 14.9. The fraction of sp³-hybridized carbons (Fsp3) is 0.235. The lowest BCUT2D eigenvalue weighted by Crippen LogP contribution is -2.01. The van der Waals surface area contributed by atoms with E-state index >= 15 is 0 Å². The van der Waals surface area contributed by atoms with Gasteiger partial charge in [0.2, 0.25) is 0 Å². The second kappa shape index (κ2) is 6.78. The minimum atomic E-state index is -0.112. The summed E-state index contributed by atoms with van der Waals surface area (Å²) in [5.41, 5.74) is 3.33. The zero-order valence-electron chi connectivity index (χ0n) is 12.1. The van der Waals surface area contributed by atoms with Crippen LogP contribution >= 0.6 is 0 Å². The summed E-state index contributed by atoms with van der Waals surface area (Å²) in [5.74, 6) is 1.31. The number of nitriles is 1. The van der Waals surface area contributed by atoms with Crippen LogP contribution < -0.4 is 9.47 Å². The lowest BCUT2D eigenvalue weighted by atomic mass is 10.1. The van der Waals surface area contributed by atoms with Crippen molar-refractivity contribution in [1.29, 1.82) is 5.26 Å². The van der Waals surface area contributed by atoms with Crippen molar-refractivity contribution in [2.75, 3.05) is 7.11 Å². The molecule has 0 aromatic heterocycles. The molecule has 0 aliphatic carbocycles. The van der Waals surface area contributed by atoms with Crippen LogP contribution in [0.25, 0.3) is 0 Å². The molecule has 4 heteroatoms. The van der Waals surface area contributed by atoms with Gasteiger partial charge in [0.15, 0.2) is 0 Å². The fourth-order valence-corrected chi connectivity index (χ4v) is 2.03. The highest BCUT2D eigenvalue weighted by Crippen LogP contribution is 2.25. The van der Waals surface area contributed by atoms with Crippen LogP contribution in [0, 0.1) is 18.3 Å². The Bertz CT molecular complexity index is 674. The van der Waals surface area contributed by atoms with Crippen molar-refractivity contribution in [3.8, 4) is 17.6 Å². The van der Waals surface area contributed by atoms with Gasteiger partial charge in [-0.2, -0.15) is 5.26 Å². The zero-order chi connectivity index (χ0) is 15.2. The average Bonchev–Trinajstić information content (AvgIpc) is 2.53. The third kappa shape index (κ3) is 3.53. The molecule has 0 aliphatic rings. The Hall–Kier alpha value is -2.51. The van der Waals surface area contributed by atoms with Gasteiger partial charge in [0.05, 0.1) is 25.3 Å². The largest absolute Gasteiger partial charge is 0.497 e. The molecular formula is C17H17NO3. The molecule has 21 heavy (non-hydrogen) atoms. The van der Waals surface area contributed by atoms with E-state index in [9.17, 15) is 5.11 Å². The number of aliphatic hydroxyl groups is 1. The Morgan fingerprint density at radius 2 is 1.95 bits per heavy atom. The fourth-order valence-electron chi connectivity index (χ4n) is 2.03. The first-order valence-electron chi connectivity index (χ1n) is 6.58. The zero-order valence-corrected chi connectivity index (χ0v) is 12.1. The van der Waals surface area contributed by atoms with Crippen molar-refractivity contribution in [2.24, 2.45) is 0 Å². The Kier molecular flexibility index (Phi) is 4.81. The van der Waals surface area contributed by atoms with E-state index in [2.05, 4.69) is 6.07 Å². The summed E-state index contributed by atoms with van der Waals surface area (Å²) in [4.78, 5) is 0. The molecule has 0 aliphatic heterocycles. The highest BCUT2D eigenvalue weighted by atomic mass is 16.5. The minimum absolute atomic E-state index is 0.112. The molecule has 4 nitrogen and oxygen atoms in total. The smallest absolute Gasteiger partial charge is 0.125 e. The highest BCUT2D eigenvalue weighted by Gasteiger charge is 2.07. The molecule has 0 fully saturated rings. The molecule has 0 saturated carbocycles. The summed E-state index contributed by atoms with van der Waals surface area (Å²) in [5, 5.41) is 18.2. The number of benzene rings is 2. The number of hydrogen-bond donors (Lipinski definition) is 1. The van der Waals surface area contributed by atoms with Gasteiger partial charge in [0.1, 0.15) is 18.1 Å². The first-order valence-corrected chi connectivity index (χ1v) is 6.58. The van der Waals surface area contributed by atoms with E-state index in [4.69, 9.17) is 14.7 Å². The molecule has 108 valence electrons. The van der Waals surface area contributed by atoms with Crippen LogP contribution in [0.2, 0.25) is 0 Å². The van der Waals surface area contributed by atoms with Gasteiger partial charge >= 0.3 is 0 Å². The summed E-state index contributed by atoms with van der Waals surface area (Å²) >= 11 is 0. The highest BCUT2D eigenvalue weighted by molar-refractivity contribution is 5.41. The maximum atomic E-state index is 9.39. The predicted molar refractivity (Wildman–Crippen MR) is 79.1 cm³/mol. The van der Waals surface area contributed by atoms with Crippen LogP contribution in [-0.2, 0) is 13.2 Å². The number of hydrogen-bond acceptors (Lipinski definition) is 4. The maximum Gasteiger partial charge on any atom is 0.125 e. The van der Waals surface area contributed by atoms with E-state index in [0.29, 0.717) is 29.2 Å². The molecule has 0 saturated heterocycles. The van der Waals surface area contributed by atoms with E-state index in [0.717, 1.165) is 11.1 Å². The van der Waals surface area contributed by atoms with Crippen molar-refractivity contribution in [2.45, 2.75) is 20.1 Å². The van der Waals surface area contributed by atoms with Crippen LogP contribution in [-0.4, -0.2) is 12.2 Å².